The minimum atomic E-state index is -0.483. The Morgan fingerprint density at radius 1 is 1.10 bits per heavy atom. The van der Waals surface area contributed by atoms with E-state index in [1.54, 1.807) is 28.9 Å². The lowest BCUT2D eigenvalue weighted by Crippen LogP contribution is -2.53. The van der Waals surface area contributed by atoms with E-state index in [0.29, 0.717) is 31.7 Å². The summed E-state index contributed by atoms with van der Waals surface area (Å²) < 4.78 is 0.946. The molecule has 1 heterocycles. The summed E-state index contributed by atoms with van der Waals surface area (Å²) >= 11 is 3.35. The van der Waals surface area contributed by atoms with E-state index < -0.39 is 6.04 Å². The Bertz CT molecular complexity index is 499. The zero-order valence-corrected chi connectivity index (χ0v) is 14.2. The second-order valence-corrected chi connectivity index (χ2v) is 5.83. The average molecular weight is 377 g/mol. The molecule has 1 aliphatic rings. The standard InChI is InChI=1S/C14H18BrN3O2.ClH/c1-10(16)13(19)17-6-8-18(9-7-17)14(20)11-2-4-12(15)5-3-11;/h2-5,10H,6-9,16H2,1H3;1H/t10-;/m1./s1. The van der Waals surface area contributed by atoms with Crippen LogP contribution in [0.5, 0.6) is 0 Å². The molecule has 1 aromatic rings. The van der Waals surface area contributed by atoms with Crippen LogP contribution in [0.2, 0.25) is 0 Å². The van der Waals surface area contributed by atoms with Crippen LogP contribution in [0.3, 0.4) is 0 Å². The van der Waals surface area contributed by atoms with Crippen LogP contribution in [0.25, 0.3) is 0 Å². The molecule has 1 aliphatic heterocycles. The van der Waals surface area contributed by atoms with Gasteiger partial charge in [-0.3, -0.25) is 9.59 Å². The SMILES string of the molecule is C[C@@H](N)C(=O)N1CCN(C(=O)c2ccc(Br)cc2)CC1.Cl. The van der Waals surface area contributed by atoms with Crippen molar-refractivity contribution >= 4 is 40.2 Å². The third kappa shape index (κ3) is 4.43. The second-order valence-electron chi connectivity index (χ2n) is 4.91. The number of nitrogens with zero attached hydrogens (tertiary/aromatic N) is 2. The van der Waals surface area contributed by atoms with E-state index in [1.165, 1.54) is 0 Å². The topological polar surface area (TPSA) is 66.6 Å². The maximum atomic E-state index is 12.3. The summed E-state index contributed by atoms with van der Waals surface area (Å²) in [6.45, 7) is 3.87. The van der Waals surface area contributed by atoms with Crippen LogP contribution in [0.1, 0.15) is 17.3 Å². The van der Waals surface area contributed by atoms with Gasteiger partial charge in [-0.05, 0) is 31.2 Å². The van der Waals surface area contributed by atoms with Gasteiger partial charge in [0.1, 0.15) is 0 Å². The van der Waals surface area contributed by atoms with Gasteiger partial charge in [0.2, 0.25) is 5.91 Å². The maximum Gasteiger partial charge on any atom is 0.253 e. The first-order valence-corrected chi connectivity index (χ1v) is 7.37. The van der Waals surface area contributed by atoms with Crippen LogP contribution in [0.15, 0.2) is 28.7 Å². The maximum absolute atomic E-state index is 12.3. The van der Waals surface area contributed by atoms with Crippen LogP contribution in [-0.4, -0.2) is 53.8 Å². The van der Waals surface area contributed by atoms with Gasteiger partial charge in [-0.25, -0.2) is 0 Å². The number of benzene rings is 1. The number of halogens is 2. The Hall–Kier alpha value is -1.11. The van der Waals surface area contributed by atoms with Crippen molar-refractivity contribution in [1.29, 1.82) is 0 Å². The molecule has 0 spiro atoms. The number of amides is 2. The molecule has 1 saturated heterocycles. The molecule has 1 fully saturated rings. The van der Waals surface area contributed by atoms with Gasteiger partial charge < -0.3 is 15.5 Å². The fraction of sp³-hybridized carbons (Fsp3) is 0.429. The van der Waals surface area contributed by atoms with Crippen molar-refractivity contribution in [2.45, 2.75) is 13.0 Å². The van der Waals surface area contributed by atoms with Gasteiger partial charge in [-0.15, -0.1) is 12.4 Å². The summed E-state index contributed by atoms with van der Waals surface area (Å²) in [5, 5.41) is 0. The summed E-state index contributed by atoms with van der Waals surface area (Å²) in [6.07, 6.45) is 0. The largest absolute Gasteiger partial charge is 0.338 e. The number of piperazine rings is 1. The fourth-order valence-corrected chi connectivity index (χ4v) is 2.46. The Morgan fingerprint density at radius 3 is 2.05 bits per heavy atom. The van der Waals surface area contributed by atoms with Crippen molar-refractivity contribution in [2.75, 3.05) is 26.2 Å². The highest BCUT2D eigenvalue weighted by atomic mass is 79.9. The van der Waals surface area contributed by atoms with Crippen LogP contribution < -0.4 is 5.73 Å². The molecule has 0 unspecified atom stereocenters. The Kier molecular flexibility index (Phi) is 6.64. The third-order valence-electron chi connectivity index (χ3n) is 3.36. The predicted molar refractivity (Wildman–Crippen MR) is 87.5 cm³/mol. The molecule has 1 atom stereocenters. The van der Waals surface area contributed by atoms with Crippen LogP contribution in [0.4, 0.5) is 0 Å². The monoisotopic (exact) mass is 375 g/mol. The lowest BCUT2D eigenvalue weighted by molar-refractivity contribution is -0.133. The highest BCUT2D eigenvalue weighted by molar-refractivity contribution is 9.10. The van der Waals surface area contributed by atoms with Gasteiger partial charge in [0.05, 0.1) is 6.04 Å². The zero-order valence-electron chi connectivity index (χ0n) is 11.8. The molecule has 0 radical (unpaired) electrons. The van der Waals surface area contributed by atoms with Gasteiger partial charge >= 0.3 is 0 Å². The number of rotatable bonds is 2. The van der Waals surface area contributed by atoms with Gasteiger partial charge in [-0.2, -0.15) is 0 Å². The van der Waals surface area contributed by atoms with Gasteiger partial charge in [-0.1, -0.05) is 15.9 Å². The zero-order chi connectivity index (χ0) is 14.7. The summed E-state index contributed by atoms with van der Waals surface area (Å²) in [5.74, 6) is -0.0499. The van der Waals surface area contributed by atoms with Crippen LogP contribution in [0, 0.1) is 0 Å². The first-order chi connectivity index (χ1) is 9.49. The number of hydrogen-bond acceptors (Lipinski definition) is 3. The van der Waals surface area contributed by atoms with Gasteiger partial charge in [0, 0.05) is 36.2 Å². The molecule has 1 aromatic carbocycles. The van der Waals surface area contributed by atoms with E-state index >= 15 is 0 Å². The van der Waals surface area contributed by atoms with Crippen molar-refractivity contribution in [2.24, 2.45) is 5.73 Å². The third-order valence-corrected chi connectivity index (χ3v) is 3.89. The first-order valence-electron chi connectivity index (χ1n) is 6.58. The minimum Gasteiger partial charge on any atom is -0.338 e. The predicted octanol–water partition coefficient (Wildman–Crippen LogP) is 1.50. The fourth-order valence-electron chi connectivity index (χ4n) is 2.19. The molecular weight excluding hydrogens is 358 g/mol. The molecule has 0 aromatic heterocycles. The lowest BCUT2D eigenvalue weighted by atomic mass is 10.1. The van der Waals surface area contributed by atoms with Crippen molar-refractivity contribution in [1.82, 2.24) is 9.80 Å². The normalized spacial score (nSPS) is 16.1. The molecule has 2 N–H and O–H groups in total. The summed E-state index contributed by atoms with van der Waals surface area (Å²) in [6, 6.07) is 6.81. The van der Waals surface area contributed by atoms with E-state index in [-0.39, 0.29) is 24.2 Å². The van der Waals surface area contributed by atoms with E-state index in [0.717, 1.165) is 4.47 Å². The van der Waals surface area contributed by atoms with Crippen molar-refractivity contribution in [3.63, 3.8) is 0 Å². The highest BCUT2D eigenvalue weighted by Crippen LogP contribution is 2.13. The Morgan fingerprint density at radius 2 is 1.57 bits per heavy atom. The summed E-state index contributed by atoms with van der Waals surface area (Å²) in [4.78, 5) is 27.6. The molecule has 5 nitrogen and oxygen atoms in total. The molecular formula is C14H19BrClN3O2. The van der Waals surface area contributed by atoms with E-state index in [2.05, 4.69) is 15.9 Å². The first kappa shape index (κ1) is 17.9. The number of nitrogens with two attached hydrogens (primary N) is 1. The molecule has 21 heavy (non-hydrogen) atoms. The number of carbonyl (C=O) groups is 2. The molecule has 0 aliphatic carbocycles. The molecule has 116 valence electrons. The Balaban J connectivity index is 0.00000220. The highest BCUT2D eigenvalue weighted by Gasteiger charge is 2.25. The summed E-state index contributed by atoms with van der Waals surface area (Å²) in [5.41, 5.74) is 6.26. The lowest BCUT2D eigenvalue weighted by Gasteiger charge is -2.35. The van der Waals surface area contributed by atoms with E-state index in [9.17, 15) is 9.59 Å². The van der Waals surface area contributed by atoms with Gasteiger partial charge in [0.15, 0.2) is 0 Å². The van der Waals surface area contributed by atoms with Crippen LogP contribution >= 0.6 is 28.3 Å². The molecule has 0 bridgehead atoms. The molecule has 2 amide bonds. The molecule has 0 saturated carbocycles. The van der Waals surface area contributed by atoms with Crippen molar-refractivity contribution in [3.05, 3.63) is 34.3 Å². The van der Waals surface area contributed by atoms with E-state index in [1.807, 2.05) is 12.1 Å². The molecule has 2 rings (SSSR count). The number of carbonyl (C=O) groups excluding carboxylic acids is 2. The van der Waals surface area contributed by atoms with Crippen molar-refractivity contribution < 1.29 is 9.59 Å². The van der Waals surface area contributed by atoms with E-state index in [4.69, 9.17) is 5.73 Å². The van der Waals surface area contributed by atoms with Crippen LogP contribution in [-0.2, 0) is 4.79 Å². The Labute approximate surface area is 139 Å². The van der Waals surface area contributed by atoms with Crippen molar-refractivity contribution in [3.8, 4) is 0 Å². The smallest absolute Gasteiger partial charge is 0.253 e. The molecule has 7 heteroatoms. The summed E-state index contributed by atoms with van der Waals surface area (Å²) in [7, 11) is 0. The average Bonchev–Trinajstić information content (AvgIpc) is 2.46. The van der Waals surface area contributed by atoms with Gasteiger partial charge in [0.25, 0.3) is 5.91 Å². The quantitative estimate of drug-likeness (QED) is 0.850. The number of hydrogen-bond donors (Lipinski definition) is 1. The minimum absolute atomic E-state index is 0. The second kappa shape index (κ2) is 7.77.